The Kier molecular flexibility index (Phi) is 3.52. The number of halogens is 1. The third-order valence-electron chi connectivity index (χ3n) is 2.26. The molecule has 0 saturated carbocycles. The summed E-state index contributed by atoms with van der Waals surface area (Å²) >= 11 is 0. The van der Waals surface area contributed by atoms with Crippen LogP contribution in [0.5, 0.6) is 0 Å². The summed E-state index contributed by atoms with van der Waals surface area (Å²) in [6.45, 7) is 0.478. The van der Waals surface area contributed by atoms with Gasteiger partial charge in [0.2, 0.25) is 0 Å². The van der Waals surface area contributed by atoms with Crippen LogP contribution in [-0.2, 0) is 0 Å². The predicted molar refractivity (Wildman–Crippen MR) is 61.5 cm³/mol. The van der Waals surface area contributed by atoms with Gasteiger partial charge in [0.25, 0.3) is 0 Å². The van der Waals surface area contributed by atoms with Crippen molar-refractivity contribution < 1.29 is 0 Å². The van der Waals surface area contributed by atoms with Crippen molar-refractivity contribution in [3.8, 4) is 0 Å². The Labute approximate surface area is 88.9 Å². The van der Waals surface area contributed by atoms with Crippen LogP contribution < -0.4 is 11.5 Å². The summed E-state index contributed by atoms with van der Waals surface area (Å²) in [5.74, 6) is 0. The van der Waals surface area contributed by atoms with Crippen LogP contribution in [0.25, 0.3) is 10.9 Å². The molecule has 0 saturated heterocycles. The largest absolute Gasteiger partial charge is 0.361 e. The van der Waals surface area contributed by atoms with Crippen LogP contribution in [0.3, 0.4) is 0 Å². The molecule has 14 heavy (non-hydrogen) atoms. The average molecular weight is 212 g/mol. The second-order valence-corrected chi connectivity index (χ2v) is 3.17. The van der Waals surface area contributed by atoms with Crippen LogP contribution in [0.1, 0.15) is 11.6 Å². The molecule has 4 heteroatoms. The van der Waals surface area contributed by atoms with Gasteiger partial charge in [-0.15, -0.1) is 12.4 Å². The Morgan fingerprint density at radius 2 is 2.07 bits per heavy atom. The zero-order chi connectivity index (χ0) is 9.26. The van der Waals surface area contributed by atoms with E-state index in [0.29, 0.717) is 6.54 Å². The molecular formula is C10H14ClN3. The van der Waals surface area contributed by atoms with Crippen molar-refractivity contribution in [2.75, 3.05) is 6.54 Å². The van der Waals surface area contributed by atoms with Crippen molar-refractivity contribution >= 4 is 23.3 Å². The van der Waals surface area contributed by atoms with Gasteiger partial charge in [0.05, 0.1) is 0 Å². The van der Waals surface area contributed by atoms with E-state index in [0.717, 1.165) is 11.1 Å². The van der Waals surface area contributed by atoms with E-state index in [2.05, 4.69) is 11.1 Å². The summed E-state index contributed by atoms with van der Waals surface area (Å²) in [6.07, 6.45) is 1.92. The van der Waals surface area contributed by atoms with E-state index in [4.69, 9.17) is 11.5 Å². The molecule has 0 radical (unpaired) electrons. The maximum atomic E-state index is 5.82. The number of fused-ring (bicyclic) bond motifs is 1. The predicted octanol–water partition coefficient (Wildman–Crippen LogP) is 1.55. The van der Waals surface area contributed by atoms with Crippen molar-refractivity contribution in [2.45, 2.75) is 6.04 Å². The number of H-pyrrole nitrogens is 1. The third kappa shape index (κ3) is 1.90. The number of rotatable bonds is 2. The minimum Gasteiger partial charge on any atom is -0.361 e. The fourth-order valence-corrected chi connectivity index (χ4v) is 1.43. The van der Waals surface area contributed by atoms with Gasteiger partial charge in [0.15, 0.2) is 0 Å². The molecule has 0 amide bonds. The van der Waals surface area contributed by atoms with Gasteiger partial charge in [0.1, 0.15) is 0 Å². The summed E-state index contributed by atoms with van der Waals surface area (Å²) in [4.78, 5) is 3.14. The number of aromatic amines is 1. The van der Waals surface area contributed by atoms with E-state index < -0.39 is 0 Å². The summed E-state index contributed by atoms with van der Waals surface area (Å²) in [6, 6.07) is 8.09. The minimum absolute atomic E-state index is 0. The lowest BCUT2D eigenvalue weighted by atomic mass is 10.1. The highest BCUT2D eigenvalue weighted by Gasteiger charge is 2.03. The van der Waals surface area contributed by atoms with Gasteiger partial charge in [-0.05, 0) is 23.1 Å². The summed E-state index contributed by atoms with van der Waals surface area (Å²) < 4.78 is 0. The minimum atomic E-state index is -0.0623. The number of aromatic nitrogens is 1. The van der Waals surface area contributed by atoms with Crippen LogP contribution in [0, 0.1) is 0 Å². The van der Waals surface area contributed by atoms with E-state index in [1.165, 1.54) is 5.39 Å². The molecule has 76 valence electrons. The molecule has 1 aromatic carbocycles. The van der Waals surface area contributed by atoms with Crippen LogP contribution in [0.4, 0.5) is 0 Å². The smallest absolute Gasteiger partial charge is 0.0457 e. The van der Waals surface area contributed by atoms with Crippen molar-refractivity contribution in [3.63, 3.8) is 0 Å². The monoisotopic (exact) mass is 211 g/mol. The second kappa shape index (κ2) is 4.46. The van der Waals surface area contributed by atoms with Crippen LogP contribution in [0.15, 0.2) is 30.5 Å². The van der Waals surface area contributed by atoms with E-state index in [1.807, 2.05) is 24.4 Å². The standard InChI is InChI=1S/C10H13N3.ClH/c11-6-9(12)8-2-1-7-3-4-13-10(7)5-8;/h1-5,9,13H,6,11-12H2;1H/t9-;/m1./s1. The molecule has 1 aromatic heterocycles. The maximum Gasteiger partial charge on any atom is 0.0457 e. The highest BCUT2D eigenvalue weighted by atomic mass is 35.5. The van der Waals surface area contributed by atoms with Gasteiger partial charge in [0, 0.05) is 24.3 Å². The van der Waals surface area contributed by atoms with Gasteiger partial charge in [-0.25, -0.2) is 0 Å². The molecule has 0 aliphatic carbocycles. The van der Waals surface area contributed by atoms with Crippen LogP contribution in [0.2, 0.25) is 0 Å². The molecule has 2 rings (SSSR count). The lowest BCUT2D eigenvalue weighted by Crippen LogP contribution is -2.20. The van der Waals surface area contributed by atoms with Crippen LogP contribution >= 0.6 is 12.4 Å². The highest BCUT2D eigenvalue weighted by Crippen LogP contribution is 2.17. The molecule has 2 aromatic rings. The van der Waals surface area contributed by atoms with Gasteiger partial charge in [-0.1, -0.05) is 12.1 Å². The summed E-state index contributed by atoms with van der Waals surface area (Å²) in [5, 5.41) is 1.20. The first-order chi connectivity index (χ1) is 6.31. The van der Waals surface area contributed by atoms with Gasteiger partial charge >= 0.3 is 0 Å². The van der Waals surface area contributed by atoms with E-state index >= 15 is 0 Å². The normalized spacial score (nSPS) is 12.4. The Morgan fingerprint density at radius 1 is 1.29 bits per heavy atom. The molecule has 0 spiro atoms. The van der Waals surface area contributed by atoms with Gasteiger partial charge < -0.3 is 16.5 Å². The van der Waals surface area contributed by atoms with Crippen molar-refractivity contribution in [1.82, 2.24) is 4.98 Å². The van der Waals surface area contributed by atoms with E-state index in [1.54, 1.807) is 0 Å². The fourth-order valence-electron chi connectivity index (χ4n) is 1.43. The molecule has 3 nitrogen and oxygen atoms in total. The molecule has 0 fully saturated rings. The lowest BCUT2D eigenvalue weighted by molar-refractivity contribution is 0.738. The number of benzene rings is 1. The molecule has 0 unspecified atom stereocenters. The molecule has 5 N–H and O–H groups in total. The van der Waals surface area contributed by atoms with Crippen LogP contribution in [-0.4, -0.2) is 11.5 Å². The second-order valence-electron chi connectivity index (χ2n) is 3.17. The molecule has 0 aliphatic heterocycles. The first-order valence-corrected chi connectivity index (χ1v) is 4.34. The molecule has 1 heterocycles. The fraction of sp³-hybridized carbons (Fsp3) is 0.200. The van der Waals surface area contributed by atoms with Gasteiger partial charge in [-0.3, -0.25) is 0 Å². The zero-order valence-corrected chi connectivity index (χ0v) is 8.55. The number of hydrogen-bond acceptors (Lipinski definition) is 2. The first-order valence-electron chi connectivity index (χ1n) is 4.34. The molecule has 0 bridgehead atoms. The summed E-state index contributed by atoms with van der Waals surface area (Å²) in [5.41, 5.74) is 13.5. The Morgan fingerprint density at radius 3 is 2.79 bits per heavy atom. The number of nitrogens with one attached hydrogen (secondary N) is 1. The number of nitrogens with two attached hydrogens (primary N) is 2. The Bertz CT molecular complexity index is 410. The zero-order valence-electron chi connectivity index (χ0n) is 7.73. The average Bonchev–Trinajstić information content (AvgIpc) is 2.63. The SMILES string of the molecule is Cl.NC[C@@H](N)c1ccc2cc[nH]c2c1. The highest BCUT2D eigenvalue weighted by molar-refractivity contribution is 5.85. The molecular weight excluding hydrogens is 198 g/mol. The van der Waals surface area contributed by atoms with E-state index in [-0.39, 0.29) is 18.4 Å². The third-order valence-corrected chi connectivity index (χ3v) is 2.26. The quantitative estimate of drug-likeness (QED) is 0.706. The molecule has 0 aliphatic rings. The van der Waals surface area contributed by atoms with Crippen molar-refractivity contribution in [2.24, 2.45) is 11.5 Å². The lowest BCUT2D eigenvalue weighted by Gasteiger charge is -2.08. The van der Waals surface area contributed by atoms with Crippen molar-refractivity contribution in [3.05, 3.63) is 36.0 Å². The molecule has 1 atom stereocenters. The first kappa shape index (κ1) is 11.0. The van der Waals surface area contributed by atoms with E-state index in [9.17, 15) is 0 Å². The Hall–Kier alpha value is -1.03. The van der Waals surface area contributed by atoms with Crippen molar-refractivity contribution in [1.29, 1.82) is 0 Å². The Balaban J connectivity index is 0.000000980. The maximum absolute atomic E-state index is 5.82. The topological polar surface area (TPSA) is 67.8 Å². The summed E-state index contributed by atoms with van der Waals surface area (Å²) in [7, 11) is 0. The van der Waals surface area contributed by atoms with Gasteiger partial charge in [-0.2, -0.15) is 0 Å². The number of hydrogen-bond donors (Lipinski definition) is 3.